The third-order valence-electron chi connectivity index (χ3n) is 4.50. The Morgan fingerprint density at radius 2 is 2.29 bits per heavy atom. The highest BCUT2D eigenvalue weighted by atomic mass is 16.5. The van der Waals surface area contributed by atoms with Gasteiger partial charge in [0.2, 0.25) is 0 Å². The summed E-state index contributed by atoms with van der Waals surface area (Å²) in [6.07, 6.45) is 5.40. The lowest BCUT2D eigenvalue weighted by molar-refractivity contribution is -0.0262. The lowest BCUT2D eigenvalue weighted by atomic mass is 9.88. The predicted octanol–water partition coefficient (Wildman–Crippen LogP) is 3.57. The zero-order valence-electron chi connectivity index (χ0n) is 12.8. The molecule has 1 aliphatic heterocycles. The van der Waals surface area contributed by atoms with Crippen molar-refractivity contribution in [1.82, 2.24) is 4.90 Å². The van der Waals surface area contributed by atoms with Crippen LogP contribution in [-0.4, -0.2) is 41.9 Å². The average Bonchev–Trinajstić information content (AvgIpc) is 3.02. The van der Waals surface area contributed by atoms with Crippen LogP contribution in [0, 0.1) is 5.92 Å². The SMILES string of the molecule is CCC(CC)COC1CN(C(=O)O)CCC1c1ccoc1. The second-order valence-corrected chi connectivity index (χ2v) is 5.73. The summed E-state index contributed by atoms with van der Waals surface area (Å²) in [4.78, 5) is 12.6. The number of nitrogens with zero attached hydrogens (tertiary/aromatic N) is 1. The fraction of sp³-hybridized carbons (Fsp3) is 0.688. The van der Waals surface area contributed by atoms with Crippen LogP contribution in [0.3, 0.4) is 0 Å². The van der Waals surface area contributed by atoms with Crippen LogP contribution in [0.15, 0.2) is 23.0 Å². The summed E-state index contributed by atoms with van der Waals surface area (Å²) in [6.45, 7) is 6.01. The molecule has 1 fully saturated rings. The molecule has 0 bridgehead atoms. The van der Waals surface area contributed by atoms with Gasteiger partial charge < -0.3 is 19.2 Å². The van der Waals surface area contributed by atoms with E-state index in [9.17, 15) is 9.90 Å². The normalized spacial score (nSPS) is 22.7. The molecule has 1 N–H and O–H groups in total. The van der Waals surface area contributed by atoms with E-state index in [1.54, 1.807) is 12.5 Å². The van der Waals surface area contributed by atoms with Gasteiger partial charge in [-0.1, -0.05) is 26.7 Å². The molecule has 1 aliphatic rings. The maximum absolute atomic E-state index is 11.2. The largest absolute Gasteiger partial charge is 0.472 e. The van der Waals surface area contributed by atoms with Crippen molar-refractivity contribution in [3.8, 4) is 0 Å². The maximum Gasteiger partial charge on any atom is 0.407 e. The molecule has 0 saturated carbocycles. The van der Waals surface area contributed by atoms with E-state index in [2.05, 4.69) is 13.8 Å². The van der Waals surface area contributed by atoms with Crippen LogP contribution in [-0.2, 0) is 4.74 Å². The number of amides is 1. The Balaban J connectivity index is 2.03. The Morgan fingerprint density at radius 3 is 2.86 bits per heavy atom. The van der Waals surface area contributed by atoms with Gasteiger partial charge in [0.1, 0.15) is 0 Å². The molecule has 2 heterocycles. The number of furan rings is 1. The van der Waals surface area contributed by atoms with Crippen molar-refractivity contribution >= 4 is 6.09 Å². The molecular weight excluding hydrogens is 270 g/mol. The summed E-state index contributed by atoms with van der Waals surface area (Å²) in [5, 5.41) is 9.19. The van der Waals surface area contributed by atoms with Gasteiger partial charge >= 0.3 is 6.09 Å². The van der Waals surface area contributed by atoms with Crippen LogP contribution in [0.25, 0.3) is 0 Å². The molecule has 21 heavy (non-hydrogen) atoms. The van der Waals surface area contributed by atoms with E-state index in [0.29, 0.717) is 25.6 Å². The molecule has 1 aromatic rings. The van der Waals surface area contributed by atoms with Crippen LogP contribution < -0.4 is 0 Å². The van der Waals surface area contributed by atoms with Gasteiger partial charge in [0, 0.05) is 19.1 Å². The standard InChI is InChI=1S/C16H25NO4/c1-3-12(4-2)10-21-15-9-17(16(18)19)7-5-14(15)13-6-8-20-11-13/h6,8,11-12,14-15H,3-5,7,9-10H2,1-2H3,(H,18,19). The van der Waals surface area contributed by atoms with Crippen molar-refractivity contribution in [1.29, 1.82) is 0 Å². The van der Waals surface area contributed by atoms with E-state index < -0.39 is 6.09 Å². The zero-order chi connectivity index (χ0) is 15.2. The van der Waals surface area contributed by atoms with Crippen molar-refractivity contribution in [3.05, 3.63) is 24.2 Å². The molecule has 0 aliphatic carbocycles. The monoisotopic (exact) mass is 295 g/mol. The first-order chi connectivity index (χ1) is 10.2. The molecular formula is C16H25NO4. The highest BCUT2D eigenvalue weighted by molar-refractivity contribution is 5.65. The van der Waals surface area contributed by atoms with Crippen molar-refractivity contribution in [2.45, 2.75) is 45.1 Å². The molecule has 5 nitrogen and oxygen atoms in total. The lowest BCUT2D eigenvalue weighted by Gasteiger charge is -2.37. The van der Waals surface area contributed by atoms with Gasteiger partial charge in [0.05, 0.1) is 25.2 Å². The number of carboxylic acid groups (broad SMARTS) is 1. The Kier molecular flexibility index (Phi) is 5.67. The van der Waals surface area contributed by atoms with Gasteiger partial charge in [0.15, 0.2) is 0 Å². The first-order valence-corrected chi connectivity index (χ1v) is 7.77. The van der Waals surface area contributed by atoms with Gasteiger partial charge in [-0.25, -0.2) is 4.79 Å². The van der Waals surface area contributed by atoms with Crippen LogP contribution in [0.4, 0.5) is 4.79 Å². The second-order valence-electron chi connectivity index (χ2n) is 5.73. The van der Waals surface area contributed by atoms with Crippen LogP contribution in [0.1, 0.15) is 44.6 Å². The van der Waals surface area contributed by atoms with Crippen molar-refractivity contribution in [2.24, 2.45) is 5.92 Å². The average molecular weight is 295 g/mol. The van der Waals surface area contributed by atoms with Gasteiger partial charge in [-0.15, -0.1) is 0 Å². The zero-order valence-corrected chi connectivity index (χ0v) is 12.8. The molecule has 0 radical (unpaired) electrons. The molecule has 118 valence electrons. The first-order valence-electron chi connectivity index (χ1n) is 7.77. The van der Waals surface area contributed by atoms with Gasteiger partial charge in [-0.2, -0.15) is 0 Å². The molecule has 2 atom stereocenters. The van der Waals surface area contributed by atoms with Crippen molar-refractivity contribution in [3.63, 3.8) is 0 Å². The molecule has 1 amide bonds. The van der Waals surface area contributed by atoms with E-state index in [1.807, 2.05) is 6.07 Å². The summed E-state index contributed by atoms with van der Waals surface area (Å²) in [7, 11) is 0. The van der Waals surface area contributed by atoms with Crippen molar-refractivity contribution in [2.75, 3.05) is 19.7 Å². The van der Waals surface area contributed by atoms with Gasteiger partial charge in [-0.05, 0) is 24.0 Å². The van der Waals surface area contributed by atoms with Gasteiger partial charge in [0.25, 0.3) is 0 Å². The molecule has 0 spiro atoms. The van der Waals surface area contributed by atoms with Crippen LogP contribution >= 0.6 is 0 Å². The number of hydrogen-bond acceptors (Lipinski definition) is 3. The van der Waals surface area contributed by atoms with Gasteiger partial charge in [-0.3, -0.25) is 0 Å². The van der Waals surface area contributed by atoms with Crippen LogP contribution in [0.2, 0.25) is 0 Å². The summed E-state index contributed by atoms with van der Waals surface area (Å²) >= 11 is 0. The molecule has 5 heteroatoms. The van der Waals surface area contributed by atoms with Crippen molar-refractivity contribution < 1.29 is 19.1 Å². The predicted molar refractivity (Wildman–Crippen MR) is 79.5 cm³/mol. The summed E-state index contributed by atoms with van der Waals surface area (Å²) in [6, 6.07) is 1.95. The Bertz CT molecular complexity index is 427. The highest BCUT2D eigenvalue weighted by Gasteiger charge is 2.33. The van der Waals surface area contributed by atoms with E-state index in [4.69, 9.17) is 9.15 Å². The number of piperidine rings is 1. The minimum Gasteiger partial charge on any atom is -0.472 e. The highest BCUT2D eigenvalue weighted by Crippen LogP contribution is 2.31. The smallest absolute Gasteiger partial charge is 0.407 e. The fourth-order valence-electron chi connectivity index (χ4n) is 2.91. The summed E-state index contributed by atoms with van der Waals surface area (Å²) in [5.74, 6) is 0.754. The third-order valence-corrected chi connectivity index (χ3v) is 4.50. The molecule has 0 aromatic carbocycles. The molecule has 2 unspecified atom stereocenters. The number of hydrogen-bond donors (Lipinski definition) is 1. The summed E-state index contributed by atoms with van der Waals surface area (Å²) in [5.41, 5.74) is 1.11. The van der Waals surface area contributed by atoms with Crippen LogP contribution in [0.5, 0.6) is 0 Å². The minimum atomic E-state index is -0.864. The maximum atomic E-state index is 11.2. The Labute approximate surface area is 125 Å². The van der Waals surface area contributed by atoms with E-state index in [0.717, 1.165) is 24.8 Å². The number of rotatable bonds is 6. The molecule has 1 saturated heterocycles. The third kappa shape index (κ3) is 4.00. The van der Waals surface area contributed by atoms with E-state index >= 15 is 0 Å². The van der Waals surface area contributed by atoms with E-state index in [-0.39, 0.29) is 12.0 Å². The molecule has 2 rings (SSSR count). The number of ether oxygens (including phenoxy) is 1. The Hall–Kier alpha value is -1.49. The quantitative estimate of drug-likeness (QED) is 0.871. The minimum absolute atomic E-state index is 0.0898. The topological polar surface area (TPSA) is 62.9 Å². The fourth-order valence-corrected chi connectivity index (χ4v) is 2.91. The summed E-state index contributed by atoms with van der Waals surface area (Å²) < 4.78 is 11.3. The lowest BCUT2D eigenvalue weighted by Crippen LogP contribution is -2.46. The second kappa shape index (κ2) is 7.50. The Morgan fingerprint density at radius 1 is 1.52 bits per heavy atom. The van der Waals surface area contributed by atoms with E-state index in [1.165, 1.54) is 4.90 Å². The number of likely N-dealkylation sites (tertiary alicyclic amines) is 1. The number of carbonyl (C=O) groups is 1. The molecule has 1 aromatic heterocycles. The first kappa shape index (κ1) is 15.9.